The highest BCUT2D eigenvalue weighted by molar-refractivity contribution is 9.10. The van der Waals surface area contributed by atoms with Crippen LogP contribution in [-0.4, -0.2) is 20.6 Å². The van der Waals surface area contributed by atoms with Crippen LogP contribution in [0.15, 0.2) is 35.1 Å². The maximum absolute atomic E-state index is 6.16. The first-order chi connectivity index (χ1) is 9.60. The van der Waals surface area contributed by atoms with Gasteiger partial charge in [-0.15, -0.1) is 11.6 Å². The van der Waals surface area contributed by atoms with E-state index in [1.54, 1.807) is 6.33 Å². The van der Waals surface area contributed by atoms with Crippen LogP contribution in [0, 0.1) is 5.92 Å². The second-order valence-electron chi connectivity index (χ2n) is 5.36. The zero-order valence-electron chi connectivity index (χ0n) is 11.8. The summed E-state index contributed by atoms with van der Waals surface area (Å²) in [5.41, 5.74) is 1.23. The number of hydrogen-bond acceptors (Lipinski definition) is 2. The molecule has 5 heteroatoms. The molecule has 20 heavy (non-hydrogen) atoms. The number of nitrogens with zero attached hydrogens (tertiary/aromatic N) is 3. The normalized spacial score (nSPS) is 12.8. The first-order valence-corrected chi connectivity index (χ1v) is 8.11. The van der Waals surface area contributed by atoms with E-state index in [0.717, 1.165) is 23.3 Å². The molecular formula is C15H19BrClN3. The molecule has 108 valence electrons. The van der Waals surface area contributed by atoms with Gasteiger partial charge < -0.3 is 0 Å². The summed E-state index contributed by atoms with van der Waals surface area (Å²) in [6, 6.07) is 8.30. The number of aromatic nitrogens is 3. The van der Waals surface area contributed by atoms with Gasteiger partial charge in [-0.2, -0.15) is 5.10 Å². The van der Waals surface area contributed by atoms with Crippen molar-refractivity contribution in [3.63, 3.8) is 0 Å². The number of alkyl halides is 1. The minimum absolute atomic E-state index is 0.254. The number of hydrogen-bond donors (Lipinski definition) is 0. The van der Waals surface area contributed by atoms with Crippen LogP contribution in [0.4, 0.5) is 0 Å². The van der Waals surface area contributed by atoms with E-state index >= 15 is 0 Å². The Labute approximate surface area is 133 Å². The van der Waals surface area contributed by atoms with Gasteiger partial charge in [0.25, 0.3) is 0 Å². The van der Waals surface area contributed by atoms with E-state index in [1.807, 2.05) is 16.8 Å². The molecule has 0 spiro atoms. The maximum Gasteiger partial charge on any atom is 0.138 e. The Kier molecular flexibility index (Phi) is 5.61. The van der Waals surface area contributed by atoms with Crippen LogP contribution in [0.2, 0.25) is 0 Å². The summed E-state index contributed by atoms with van der Waals surface area (Å²) in [6.45, 7) is 5.25. The summed E-state index contributed by atoms with van der Waals surface area (Å²) in [7, 11) is 0. The lowest BCUT2D eigenvalue weighted by atomic mass is 9.97. The van der Waals surface area contributed by atoms with E-state index in [-0.39, 0.29) is 5.92 Å². The van der Waals surface area contributed by atoms with Gasteiger partial charge in [0, 0.05) is 29.2 Å². The average molecular weight is 357 g/mol. The molecule has 0 bridgehead atoms. The quantitative estimate of drug-likeness (QED) is 0.724. The summed E-state index contributed by atoms with van der Waals surface area (Å²) < 4.78 is 3.07. The topological polar surface area (TPSA) is 30.7 Å². The highest BCUT2D eigenvalue weighted by Gasteiger charge is 2.16. The maximum atomic E-state index is 6.16. The van der Waals surface area contributed by atoms with E-state index in [0.29, 0.717) is 11.8 Å². The Bertz CT molecular complexity index is 554. The molecule has 1 aromatic carbocycles. The van der Waals surface area contributed by atoms with E-state index < -0.39 is 0 Å². The molecule has 0 aliphatic heterocycles. The largest absolute Gasteiger partial charge is 0.250 e. The Balaban J connectivity index is 2.16. The van der Waals surface area contributed by atoms with Crippen LogP contribution in [-0.2, 0) is 13.0 Å². The Morgan fingerprint density at radius 3 is 2.80 bits per heavy atom. The number of benzene rings is 1. The van der Waals surface area contributed by atoms with Gasteiger partial charge in [-0.3, -0.25) is 0 Å². The Hall–Kier alpha value is -0.870. The highest BCUT2D eigenvalue weighted by atomic mass is 79.9. The molecular weight excluding hydrogens is 338 g/mol. The van der Waals surface area contributed by atoms with E-state index in [1.165, 1.54) is 5.56 Å². The predicted molar refractivity (Wildman–Crippen MR) is 86.2 cm³/mol. The molecule has 0 saturated carbocycles. The van der Waals surface area contributed by atoms with Gasteiger partial charge in [-0.1, -0.05) is 41.9 Å². The number of halogens is 2. The molecule has 2 aromatic rings. The first kappa shape index (κ1) is 15.5. The van der Waals surface area contributed by atoms with E-state index in [9.17, 15) is 0 Å². The van der Waals surface area contributed by atoms with Crippen molar-refractivity contribution in [1.82, 2.24) is 14.8 Å². The van der Waals surface area contributed by atoms with Crippen LogP contribution < -0.4 is 0 Å². The van der Waals surface area contributed by atoms with Crippen molar-refractivity contribution in [1.29, 1.82) is 0 Å². The van der Waals surface area contributed by atoms with Crippen LogP contribution in [0.25, 0.3) is 0 Å². The van der Waals surface area contributed by atoms with E-state index in [4.69, 9.17) is 11.6 Å². The molecule has 3 nitrogen and oxygen atoms in total. The van der Waals surface area contributed by atoms with Gasteiger partial charge >= 0.3 is 0 Å². The van der Waals surface area contributed by atoms with E-state index in [2.05, 4.69) is 52.0 Å². The Morgan fingerprint density at radius 2 is 2.15 bits per heavy atom. The van der Waals surface area contributed by atoms with Gasteiger partial charge in [0.1, 0.15) is 12.2 Å². The fourth-order valence-corrected chi connectivity index (χ4v) is 2.89. The highest BCUT2D eigenvalue weighted by Crippen LogP contribution is 2.24. The molecule has 1 unspecified atom stereocenters. The molecule has 1 aromatic heterocycles. The van der Waals surface area contributed by atoms with Gasteiger partial charge in [0.15, 0.2) is 0 Å². The third-order valence-corrected chi connectivity index (χ3v) is 4.03. The SMILES string of the molecule is CC(C)Cn1ncnc1CC(CCl)c1cccc(Br)c1. The van der Waals surface area contributed by atoms with Crippen LogP contribution in [0.1, 0.15) is 31.2 Å². The van der Waals surface area contributed by atoms with Gasteiger partial charge in [0.05, 0.1) is 0 Å². The second-order valence-corrected chi connectivity index (χ2v) is 6.59. The minimum Gasteiger partial charge on any atom is -0.250 e. The van der Waals surface area contributed by atoms with Crippen molar-refractivity contribution in [3.05, 3.63) is 46.5 Å². The smallest absolute Gasteiger partial charge is 0.138 e. The molecule has 0 fully saturated rings. The molecule has 0 radical (unpaired) electrons. The fraction of sp³-hybridized carbons (Fsp3) is 0.467. The number of rotatable bonds is 6. The lowest BCUT2D eigenvalue weighted by Crippen LogP contribution is -2.14. The second kappa shape index (κ2) is 7.23. The van der Waals surface area contributed by atoms with Crippen molar-refractivity contribution in [3.8, 4) is 0 Å². The van der Waals surface area contributed by atoms with Crippen molar-refractivity contribution in [2.75, 3.05) is 5.88 Å². The average Bonchev–Trinajstić information content (AvgIpc) is 2.82. The van der Waals surface area contributed by atoms with Crippen LogP contribution in [0.5, 0.6) is 0 Å². The van der Waals surface area contributed by atoms with Crippen LogP contribution >= 0.6 is 27.5 Å². The summed E-state index contributed by atoms with van der Waals surface area (Å²) >= 11 is 9.67. The Morgan fingerprint density at radius 1 is 1.35 bits per heavy atom. The molecule has 0 amide bonds. The third-order valence-electron chi connectivity index (χ3n) is 3.17. The molecule has 2 rings (SSSR count). The molecule has 0 aliphatic carbocycles. The molecule has 1 heterocycles. The summed E-state index contributed by atoms with van der Waals surface area (Å²) in [4.78, 5) is 4.39. The summed E-state index contributed by atoms with van der Waals surface area (Å²) in [6.07, 6.45) is 2.44. The van der Waals surface area contributed by atoms with Crippen molar-refractivity contribution in [2.45, 2.75) is 32.7 Å². The first-order valence-electron chi connectivity index (χ1n) is 6.78. The van der Waals surface area contributed by atoms with Crippen molar-refractivity contribution in [2.24, 2.45) is 5.92 Å². The lowest BCUT2D eigenvalue weighted by Gasteiger charge is -2.15. The van der Waals surface area contributed by atoms with Gasteiger partial charge in [0.2, 0.25) is 0 Å². The zero-order chi connectivity index (χ0) is 14.5. The fourth-order valence-electron chi connectivity index (χ4n) is 2.19. The molecule has 1 atom stereocenters. The zero-order valence-corrected chi connectivity index (χ0v) is 14.1. The standard InChI is InChI=1S/C15H19BrClN3/c1-11(2)9-20-15(18-10-19-20)7-13(8-17)12-4-3-5-14(16)6-12/h3-6,10-11,13H,7-9H2,1-2H3. The van der Waals surface area contributed by atoms with Crippen molar-refractivity contribution >= 4 is 27.5 Å². The molecule has 0 N–H and O–H groups in total. The van der Waals surface area contributed by atoms with Crippen LogP contribution in [0.3, 0.4) is 0 Å². The monoisotopic (exact) mass is 355 g/mol. The minimum atomic E-state index is 0.254. The summed E-state index contributed by atoms with van der Waals surface area (Å²) in [5, 5.41) is 4.31. The predicted octanol–water partition coefficient (Wildman–Crippen LogP) is 4.26. The van der Waals surface area contributed by atoms with Gasteiger partial charge in [-0.05, 0) is 23.6 Å². The summed E-state index contributed by atoms with van der Waals surface area (Å²) in [5.74, 6) is 2.38. The van der Waals surface area contributed by atoms with Crippen molar-refractivity contribution < 1.29 is 0 Å². The lowest BCUT2D eigenvalue weighted by molar-refractivity contribution is 0.461. The molecule has 0 aliphatic rings. The van der Waals surface area contributed by atoms with Gasteiger partial charge in [-0.25, -0.2) is 9.67 Å². The molecule has 0 saturated heterocycles. The third kappa shape index (κ3) is 4.06.